The van der Waals surface area contributed by atoms with E-state index in [1.165, 1.54) is 23.7 Å². The summed E-state index contributed by atoms with van der Waals surface area (Å²) in [6.45, 7) is 1.11. The van der Waals surface area contributed by atoms with Crippen molar-refractivity contribution in [1.29, 1.82) is 0 Å². The first-order valence-electron chi connectivity index (χ1n) is 8.02. The highest BCUT2D eigenvalue weighted by Gasteiger charge is 2.32. The Bertz CT molecular complexity index is 632. The lowest BCUT2D eigenvalue weighted by molar-refractivity contribution is 0.268. The molecule has 23 heavy (non-hydrogen) atoms. The molecule has 3 nitrogen and oxygen atoms in total. The van der Waals surface area contributed by atoms with Gasteiger partial charge in [0.2, 0.25) is 0 Å². The van der Waals surface area contributed by atoms with Gasteiger partial charge in [-0.15, -0.1) is 0 Å². The number of rotatable bonds is 4. The van der Waals surface area contributed by atoms with Crippen molar-refractivity contribution in [3.8, 4) is 0 Å². The number of anilines is 1. The van der Waals surface area contributed by atoms with Crippen LogP contribution >= 0.6 is 11.8 Å². The summed E-state index contributed by atoms with van der Waals surface area (Å²) in [6.07, 6.45) is 2.34. The molecule has 0 spiro atoms. The average molecular weight is 326 g/mol. The second kappa shape index (κ2) is 7.66. The van der Waals surface area contributed by atoms with Crippen LogP contribution in [0.4, 0.5) is 10.5 Å². The number of amides is 1. The van der Waals surface area contributed by atoms with Crippen LogP contribution < -0.4 is 5.32 Å². The maximum atomic E-state index is 12.5. The number of likely N-dealkylation sites (tertiary alicyclic amines) is 1. The van der Waals surface area contributed by atoms with Crippen molar-refractivity contribution >= 4 is 22.7 Å². The Labute approximate surface area is 142 Å². The summed E-state index contributed by atoms with van der Waals surface area (Å²) in [5.41, 5.74) is 2.07. The van der Waals surface area contributed by atoms with Gasteiger partial charge in [0.1, 0.15) is 0 Å². The molecule has 1 amide bonds. The first-order chi connectivity index (χ1) is 11.2. The van der Waals surface area contributed by atoms with Crippen LogP contribution in [0.15, 0.2) is 60.7 Å². The van der Waals surface area contributed by atoms with Crippen molar-refractivity contribution in [3.63, 3.8) is 0 Å². The lowest BCUT2D eigenvalue weighted by Crippen LogP contribution is -2.30. The average Bonchev–Trinajstić information content (AvgIpc) is 3.00. The van der Waals surface area contributed by atoms with E-state index < -0.39 is 0 Å². The molecule has 1 heterocycles. The van der Waals surface area contributed by atoms with Crippen LogP contribution in [-0.2, 0) is 0 Å². The zero-order chi connectivity index (χ0) is 16.1. The molecule has 1 saturated heterocycles. The molecule has 120 valence electrons. The first kappa shape index (κ1) is 16.1. The van der Waals surface area contributed by atoms with Gasteiger partial charge < -0.3 is 10.2 Å². The zero-order valence-corrected chi connectivity index (χ0v) is 14.1. The molecule has 2 atom stereocenters. The third kappa shape index (κ3) is 4.15. The van der Waals surface area contributed by atoms with Crippen LogP contribution in [0, 0.1) is 0 Å². The summed E-state index contributed by atoms with van der Waals surface area (Å²) in [7, 11) is 2.16. The maximum absolute atomic E-state index is 12.5. The van der Waals surface area contributed by atoms with Gasteiger partial charge in [0, 0.05) is 11.7 Å². The largest absolute Gasteiger partial charge is 0.317 e. The van der Waals surface area contributed by atoms with Gasteiger partial charge >= 0.3 is 0 Å². The van der Waals surface area contributed by atoms with E-state index in [1.54, 1.807) is 0 Å². The van der Waals surface area contributed by atoms with Crippen molar-refractivity contribution in [1.82, 2.24) is 4.90 Å². The summed E-state index contributed by atoms with van der Waals surface area (Å²) in [4.78, 5) is 14.9. The highest BCUT2D eigenvalue weighted by molar-refractivity contribution is 8.14. The Morgan fingerprint density at radius 2 is 1.78 bits per heavy atom. The molecule has 3 rings (SSSR count). The fourth-order valence-electron chi connectivity index (χ4n) is 3.11. The molecule has 0 unspecified atom stereocenters. The molecule has 0 aliphatic carbocycles. The fourth-order valence-corrected chi connectivity index (χ4v) is 4.32. The molecule has 1 aliphatic heterocycles. The Morgan fingerprint density at radius 3 is 2.39 bits per heavy atom. The SMILES string of the molecule is CN1CCC[C@H]1[C@H](SC(=O)Nc1ccccc1)c1ccccc1. The number of benzene rings is 2. The Morgan fingerprint density at radius 1 is 1.13 bits per heavy atom. The predicted molar refractivity (Wildman–Crippen MR) is 97.9 cm³/mol. The quantitative estimate of drug-likeness (QED) is 0.877. The third-order valence-electron chi connectivity index (χ3n) is 4.31. The molecule has 1 fully saturated rings. The van der Waals surface area contributed by atoms with Gasteiger partial charge in [-0.1, -0.05) is 60.3 Å². The highest BCUT2D eigenvalue weighted by Crippen LogP contribution is 2.39. The molecule has 0 aromatic heterocycles. The van der Waals surface area contributed by atoms with Crippen LogP contribution in [0.3, 0.4) is 0 Å². The Balaban J connectivity index is 1.74. The van der Waals surface area contributed by atoms with E-state index in [1.807, 2.05) is 48.5 Å². The van der Waals surface area contributed by atoms with Crippen molar-refractivity contribution in [2.45, 2.75) is 24.1 Å². The third-order valence-corrected chi connectivity index (χ3v) is 5.47. The minimum absolute atomic E-state index is 0.00496. The molecular formula is C19H22N2OS. The molecular weight excluding hydrogens is 304 g/mol. The molecule has 4 heteroatoms. The summed E-state index contributed by atoms with van der Waals surface area (Å²) in [6, 6.07) is 20.4. The number of thioether (sulfide) groups is 1. The minimum Gasteiger partial charge on any atom is -0.317 e. The van der Waals surface area contributed by atoms with Gasteiger partial charge in [0.05, 0.1) is 5.25 Å². The molecule has 2 aromatic rings. The molecule has 0 radical (unpaired) electrons. The summed E-state index contributed by atoms with van der Waals surface area (Å²) >= 11 is 1.40. The van der Waals surface area contributed by atoms with Gasteiger partial charge in [-0.05, 0) is 44.1 Å². The van der Waals surface area contributed by atoms with Crippen LogP contribution in [-0.4, -0.2) is 29.8 Å². The van der Waals surface area contributed by atoms with Crippen LogP contribution in [0.1, 0.15) is 23.7 Å². The fraction of sp³-hybridized carbons (Fsp3) is 0.316. The first-order valence-corrected chi connectivity index (χ1v) is 8.90. The topological polar surface area (TPSA) is 32.3 Å². The summed E-state index contributed by atoms with van der Waals surface area (Å²) in [5, 5.41) is 3.15. The summed E-state index contributed by atoms with van der Waals surface area (Å²) in [5.74, 6) is 0. The number of carbonyl (C=O) groups is 1. The highest BCUT2D eigenvalue weighted by atomic mass is 32.2. The number of likely N-dealkylation sites (N-methyl/N-ethyl adjacent to an activating group) is 1. The van der Waals surface area contributed by atoms with E-state index in [2.05, 4.69) is 29.4 Å². The molecule has 1 N–H and O–H groups in total. The van der Waals surface area contributed by atoms with Crippen molar-refractivity contribution < 1.29 is 4.79 Å². The Hall–Kier alpha value is -1.78. The smallest absolute Gasteiger partial charge is 0.284 e. The molecule has 0 saturated carbocycles. The van der Waals surface area contributed by atoms with Gasteiger partial charge in [-0.2, -0.15) is 0 Å². The minimum atomic E-state index is 0.00496. The lowest BCUT2D eigenvalue weighted by Gasteiger charge is -2.28. The summed E-state index contributed by atoms with van der Waals surface area (Å²) < 4.78 is 0. The maximum Gasteiger partial charge on any atom is 0.284 e. The van der Waals surface area contributed by atoms with Gasteiger partial charge in [-0.3, -0.25) is 4.79 Å². The second-order valence-corrected chi connectivity index (χ2v) is 7.03. The molecule has 1 aliphatic rings. The van der Waals surface area contributed by atoms with Crippen molar-refractivity contribution in [2.24, 2.45) is 0 Å². The lowest BCUT2D eigenvalue weighted by atomic mass is 10.0. The van der Waals surface area contributed by atoms with E-state index in [4.69, 9.17) is 0 Å². The Kier molecular flexibility index (Phi) is 5.36. The number of nitrogens with zero attached hydrogens (tertiary/aromatic N) is 1. The van der Waals surface area contributed by atoms with Gasteiger partial charge in [-0.25, -0.2) is 0 Å². The number of carbonyl (C=O) groups excluding carboxylic acids is 1. The van der Waals surface area contributed by atoms with Crippen molar-refractivity contribution in [3.05, 3.63) is 66.2 Å². The number of hydrogen-bond acceptors (Lipinski definition) is 3. The number of hydrogen-bond donors (Lipinski definition) is 1. The van der Waals surface area contributed by atoms with E-state index in [-0.39, 0.29) is 10.5 Å². The normalized spacial score (nSPS) is 19.4. The van der Waals surface area contributed by atoms with E-state index >= 15 is 0 Å². The van der Waals surface area contributed by atoms with Crippen LogP contribution in [0.2, 0.25) is 0 Å². The molecule has 2 aromatic carbocycles. The standard InChI is InChI=1S/C19H22N2OS/c1-21-14-8-13-17(21)18(15-9-4-2-5-10-15)23-19(22)20-16-11-6-3-7-12-16/h2-7,9-12,17-18H,8,13-14H2,1H3,(H,20,22)/t17-,18+/m0/s1. The van der Waals surface area contributed by atoms with E-state index in [0.29, 0.717) is 6.04 Å². The van der Waals surface area contributed by atoms with Crippen LogP contribution in [0.25, 0.3) is 0 Å². The molecule has 0 bridgehead atoms. The monoisotopic (exact) mass is 326 g/mol. The van der Waals surface area contributed by atoms with Crippen molar-refractivity contribution in [2.75, 3.05) is 18.9 Å². The second-order valence-electron chi connectivity index (χ2n) is 5.92. The van der Waals surface area contributed by atoms with Gasteiger partial charge in [0.25, 0.3) is 5.24 Å². The zero-order valence-electron chi connectivity index (χ0n) is 13.3. The number of para-hydroxylation sites is 1. The van der Waals surface area contributed by atoms with Gasteiger partial charge in [0.15, 0.2) is 0 Å². The number of nitrogens with one attached hydrogen (secondary N) is 1. The van der Waals surface area contributed by atoms with E-state index in [0.717, 1.165) is 18.7 Å². The van der Waals surface area contributed by atoms with Crippen LogP contribution in [0.5, 0.6) is 0 Å². The predicted octanol–water partition coefficient (Wildman–Crippen LogP) is 4.79. The van der Waals surface area contributed by atoms with E-state index in [9.17, 15) is 4.79 Å².